The van der Waals surface area contributed by atoms with E-state index in [1.165, 1.54) is 35.2 Å². The molecular formula is C23H19FN2O3S. The molecule has 1 atom stereocenters. The Balaban J connectivity index is 2.02. The van der Waals surface area contributed by atoms with Crippen molar-refractivity contribution in [3.8, 4) is 0 Å². The van der Waals surface area contributed by atoms with Crippen LogP contribution in [0.2, 0.25) is 0 Å². The van der Waals surface area contributed by atoms with Crippen molar-refractivity contribution < 1.29 is 13.9 Å². The van der Waals surface area contributed by atoms with Crippen LogP contribution in [0, 0.1) is 5.82 Å². The summed E-state index contributed by atoms with van der Waals surface area (Å²) in [4.78, 5) is 31.1. The number of aromatic nitrogens is 1. The maximum absolute atomic E-state index is 14.1. The van der Waals surface area contributed by atoms with Crippen LogP contribution in [-0.2, 0) is 9.53 Å². The highest BCUT2D eigenvalue weighted by Gasteiger charge is 2.33. The maximum atomic E-state index is 14.1. The number of carbonyl (C=O) groups is 1. The summed E-state index contributed by atoms with van der Waals surface area (Å²) in [5.74, 6) is -0.930. The fraction of sp³-hybridized carbons (Fsp3) is 0.174. The fourth-order valence-corrected chi connectivity index (χ4v) is 4.56. The summed E-state index contributed by atoms with van der Waals surface area (Å²) in [5, 5.41) is 0. The Bertz CT molecular complexity index is 1320. The summed E-state index contributed by atoms with van der Waals surface area (Å²) >= 11 is 1.18. The first kappa shape index (κ1) is 20.0. The molecule has 1 aliphatic rings. The highest BCUT2D eigenvalue weighted by Crippen LogP contribution is 2.31. The number of rotatable bonds is 4. The Kier molecular flexibility index (Phi) is 5.46. The predicted octanol–water partition coefficient (Wildman–Crippen LogP) is 2.94. The Hall–Kier alpha value is -3.32. The van der Waals surface area contributed by atoms with Crippen LogP contribution in [0.15, 0.2) is 75.7 Å². The molecule has 7 heteroatoms. The number of thiazole rings is 1. The number of carbonyl (C=O) groups excluding carboxylic acids is 1. The van der Waals surface area contributed by atoms with Crippen molar-refractivity contribution in [2.45, 2.75) is 19.4 Å². The lowest BCUT2D eigenvalue weighted by Gasteiger charge is -2.25. The minimum Gasteiger partial charge on any atom is -0.466 e. The number of ether oxygens (including phenoxy) is 1. The van der Waals surface area contributed by atoms with Crippen LogP contribution in [0.25, 0.3) is 6.08 Å². The number of nitrogens with zero attached hydrogens (tertiary/aromatic N) is 2. The molecule has 4 rings (SSSR count). The first-order chi connectivity index (χ1) is 14.5. The number of benzene rings is 2. The molecule has 0 N–H and O–H groups in total. The van der Waals surface area contributed by atoms with E-state index in [0.29, 0.717) is 32.6 Å². The highest BCUT2D eigenvalue weighted by molar-refractivity contribution is 7.07. The van der Waals surface area contributed by atoms with Gasteiger partial charge in [0.2, 0.25) is 0 Å². The van der Waals surface area contributed by atoms with Crippen LogP contribution in [0.4, 0.5) is 4.39 Å². The molecule has 0 fully saturated rings. The standard InChI is InChI=1S/C23H19FN2O3S/c1-3-17-19(22(28)29-2)20(14-9-5-4-6-10-14)26-21(27)18(30-23(26)25-17)13-15-11-7-8-12-16(15)24/h4-13,20H,3H2,1-2H3/b18-13-/t20-/m0/s1. The first-order valence-electron chi connectivity index (χ1n) is 9.47. The van der Waals surface area contributed by atoms with E-state index in [4.69, 9.17) is 4.74 Å². The molecule has 152 valence electrons. The number of allylic oxidation sites excluding steroid dienone is 1. The van der Waals surface area contributed by atoms with E-state index in [2.05, 4.69) is 4.99 Å². The second-order valence-electron chi connectivity index (χ2n) is 6.72. The molecule has 30 heavy (non-hydrogen) atoms. The van der Waals surface area contributed by atoms with Gasteiger partial charge >= 0.3 is 5.97 Å². The van der Waals surface area contributed by atoms with Crippen molar-refractivity contribution in [1.29, 1.82) is 0 Å². The van der Waals surface area contributed by atoms with Crippen LogP contribution in [-0.4, -0.2) is 17.6 Å². The van der Waals surface area contributed by atoms with Gasteiger partial charge in [-0.05, 0) is 24.1 Å². The summed E-state index contributed by atoms with van der Waals surface area (Å²) < 4.78 is 21.0. The second-order valence-corrected chi connectivity index (χ2v) is 7.73. The van der Waals surface area contributed by atoms with Gasteiger partial charge in [-0.1, -0.05) is 66.8 Å². The number of hydrogen-bond acceptors (Lipinski definition) is 5. The van der Waals surface area contributed by atoms with Gasteiger partial charge < -0.3 is 4.74 Å². The molecule has 0 aliphatic carbocycles. The summed E-state index contributed by atoms with van der Waals surface area (Å²) in [6.45, 7) is 1.90. The van der Waals surface area contributed by atoms with Gasteiger partial charge in [0.1, 0.15) is 5.82 Å². The predicted molar refractivity (Wildman–Crippen MR) is 113 cm³/mol. The molecule has 0 amide bonds. The zero-order valence-corrected chi connectivity index (χ0v) is 17.3. The van der Waals surface area contributed by atoms with Gasteiger partial charge in [-0.15, -0.1) is 0 Å². The molecule has 0 saturated carbocycles. The van der Waals surface area contributed by atoms with Crippen LogP contribution >= 0.6 is 11.3 Å². The minimum absolute atomic E-state index is 0.321. The third-order valence-corrected chi connectivity index (χ3v) is 5.94. The monoisotopic (exact) mass is 422 g/mol. The maximum Gasteiger partial charge on any atom is 0.338 e. The molecule has 0 spiro atoms. The first-order valence-corrected chi connectivity index (χ1v) is 10.3. The van der Waals surface area contributed by atoms with Gasteiger partial charge in [0.25, 0.3) is 5.56 Å². The van der Waals surface area contributed by atoms with Gasteiger partial charge in [0, 0.05) is 5.56 Å². The van der Waals surface area contributed by atoms with Crippen molar-refractivity contribution in [2.75, 3.05) is 7.11 Å². The Morgan fingerprint density at radius 2 is 1.90 bits per heavy atom. The molecule has 2 heterocycles. The number of esters is 1. The molecule has 5 nitrogen and oxygen atoms in total. The van der Waals surface area contributed by atoms with E-state index in [9.17, 15) is 14.0 Å². The lowest BCUT2D eigenvalue weighted by Crippen LogP contribution is -2.40. The lowest BCUT2D eigenvalue weighted by atomic mass is 9.95. The zero-order chi connectivity index (χ0) is 21.3. The van der Waals surface area contributed by atoms with Crippen LogP contribution in [0.1, 0.15) is 30.5 Å². The largest absolute Gasteiger partial charge is 0.466 e. The molecular weight excluding hydrogens is 403 g/mol. The quantitative estimate of drug-likeness (QED) is 0.608. The number of hydrogen-bond donors (Lipinski definition) is 0. The average molecular weight is 422 g/mol. The van der Waals surface area contributed by atoms with Crippen LogP contribution in [0.5, 0.6) is 0 Å². The van der Waals surface area contributed by atoms with Gasteiger partial charge in [-0.25, -0.2) is 14.2 Å². The Morgan fingerprint density at radius 3 is 2.57 bits per heavy atom. The van der Waals surface area contributed by atoms with Gasteiger partial charge in [0.05, 0.1) is 29.0 Å². The summed E-state index contributed by atoms with van der Waals surface area (Å²) in [6.07, 6.45) is 2.03. The lowest BCUT2D eigenvalue weighted by molar-refractivity contribution is -0.136. The number of methoxy groups -OCH3 is 1. The van der Waals surface area contributed by atoms with E-state index in [1.54, 1.807) is 18.2 Å². The molecule has 0 unspecified atom stereocenters. The van der Waals surface area contributed by atoms with Gasteiger partial charge in [-0.3, -0.25) is 9.36 Å². The third-order valence-electron chi connectivity index (χ3n) is 4.96. The molecule has 2 aromatic carbocycles. The van der Waals surface area contributed by atoms with E-state index in [1.807, 2.05) is 37.3 Å². The van der Waals surface area contributed by atoms with Gasteiger partial charge in [0.15, 0.2) is 4.80 Å². The minimum atomic E-state index is -0.660. The SMILES string of the molecule is CCC1=C(C(=O)OC)[C@H](c2ccccc2)n2c(s/c(=C\c3ccccc3F)c2=O)=N1. The third kappa shape index (κ3) is 3.41. The van der Waals surface area contributed by atoms with E-state index < -0.39 is 17.8 Å². The number of halogens is 1. The normalized spacial score (nSPS) is 16.2. The highest BCUT2D eigenvalue weighted by atomic mass is 32.1. The Labute approximate surface area is 176 Å². The van der Waals surface area contributed by atoms with Crippen LogP contribution in [0.3, 0.4) is 0 Å². The molecule has 1 aliphatic heterocycles. The average Bonchev–Trinajstić information content (AvgIpc) is 3.09. The van der Waals surface area contributed by atoms with Crippen molar-refractivity contribution in [3.63, 3.8) is 0 Å². The smallest absolute Gasteiger partial charge is 0.338 e. The molecule has 0 saturated heterocycles. The number of fused-ring (bicyclic) bond motifs is 1. The zero-order valence-electron chi connectivity index (χ0n) is 16.5. The molecule has 1 aromatic heterocycles. The summed E-state index contributed by atoms with van der Waals surface area (Å²) in [7, 11) is 1.31. The summed E-state index contributed by atoms with van der Waals surface area (Å²) in [5.41, 5.74) is 1.69. The Morgan fingerprint density at radius 1 is 1.20 bits per heavy atom. The van der Waals surface area contributed by atoms with E-state index >= 15 is 0 Å². The molecule has 3 aromatic rings. The van der Waals surface area contributed by atoms with Crippen molar-refractivity contribution in [2.24, 2.45) is 4.99 Å². The van der Waals surface area contributed by atoms with E-state index in [0.717, 1.165) is 5.56 Å². The topological polar surface area (TPSA) is 60.7 Å². The second kappa shape index (κ2) is 8.20. The molecule has 0 bridgehead atoms. The van der Waals surface area contributed by atoms with E-state index in [-0.39, 0.29) is 5.56 Å². The van der Waals surface area contributed by atoms with Crippen LogP contribution < -0.4 is 14.9 Å². The van der Waals surface area contributed by atoms with Gasteiger partial charge in [-0.2, -0.15) is 0 Å². The molecule has 0 radical (unpaired) electrons. The van der Waals surface area contributed by atoms with Crippen molar-refractivity contribution >= 4 is 23.4 Å². The fourth-order valence-electron chi connectivity index (χ4n) is 3.55. The van der Waals surface area contributed by atoms with Crippen molar-refractivity contribution in [1.82, 2.24) is 4.57 Å². The van der Waals surface area contributed by atoms with Crippen molar-refractivity contribution in [3.05, 3.63) is 102 Å². The summed E-state index contributed by atoms with van der Waals surface area (Å²) in [6, 6.07) is 14.9.